The third-order valence-electron chi connectivity index (χ3n) is 4.00. The van der Waals surface area contributed by atoms with Crippen molar-refractivity contribution in [3.05, 3.63) is 23.3 Å². The number of ether oxygens (including phenoxy) is 1. The fourth-order valence-corrected chi connectivity index (χ4v) is 2.87. The number of phenolic OH excluding ortho intramolecular Hbond substituents is 1. The summed E-state index contributed by atoms with van der Waals surface area (Å²) in [6.07, 6.45) is 11.2. The molecule has 0 amide bonds. The molecule has 2 bridgehead atoms. The number of unbranched alkanes of at least 4 members (excludes halogenated alkanes) is 6. The summed E-state index contributed by atoms with van der Waals surface area (Å²) in [5.41, 5.74) is 2.37. The van der Waals surface area contributed by atoms with E-state index in [0.29, 0.717) is 12.4 Å². The molecule has 0 radical (unpaired) electrons. The molecule has 1 heterocycles. The molecule has 0 aromatic heterocycles. The quantitative estimate of drug-likeness (QED) is 0.693. The Morgan fingerprint density at radius 3 is 2.58 bits per heavy atom. The minimum atomic E-state index is 0.449. The minimum absolute atomic E-state index is 0.449. The van der Waals surface area contributed by atoms with E-state index in [1.807, 2.05) is 6.07 Å². The van der Waals surface area contributed by atoms with Crippen LogP contribution in [-0.4, -0.2) is 11.7 Å². The molecule has 0 saturated heterocycles. The summed E-state index contributed by atoms with van der Waals surface area (Å²) in [6.45, 7) is 2.96. The highest BCUT2D eigenvalue weighted by Gasteiger charge is 2.18. The molecule has 106 valence electrons. The van der Waals surface area contributed by atoms with Gasteiger partial charge in [-0.15, -0.1) is 0 Å². The smallest absolute Gasteiger partial charge is 0.123 e. The average Bonchev–Trinajstić information content (AvgIpc) is 2.42. The standard InChI is InChI=1S/C17H26O2/c1-2-3-4-5-6-7-8-9-15-14-12-13-19-17(15)11-10-16(14)18/h10-11,18H,2-9,12-13H2,1H3. The third-order valence-corrected chi connectivity index (χ3v) is 4.00. The van der Waals surface area contributed by atoms with Crippen LogP contribution in [0.1, 0.15) is 63.0 Å². The van der Waals surface area contributed by atoms with Gasteiger partial charge in [0.2, 0.25) is 0 Å². The predicted molar refractivity (Wildman–Crippen MR) is 79.0 cm³/mol. The van der Waals surface area contributed by atoms with Crippen LogP contribution in [-0.2, 0) is 12.8 Å². The second-order valence-corrected chi connectivity index (χ2v) is 5.51. The van der Waals surface area contributed by atoms with E-state index in [4.69, 9.17) is 4.74 Å². The topological polar surface area (TPSA) is 29.5 Å². The Morgan fingerprint density at radius 2 is 1.79 bits per heavy atom. The van der Waals surface area contributed by atoms with Crippen molar-refractivity contribution in [3.8, 4) is 11.5 Å². The number of rotatable bonds is 8. The fraction of sp³-hybridized carbons (Fsp3) is 0.647. The number of hydrogen-bond acceptors (Lipinski definition) is 2. The van der Waals surface area contributed by atoms with E-state index < -0.39 is 0 Å². The molecule has 19 heavy (non-hydrogen) atoms. The van der Waals surface area contributed by atoms with E-state index in [2.05, 4.69) is 6.92 Å². The van der Waals surface area contributed by atoms with Gasteiger partial charge in [-0.3, -0.25) is 0 Å². The highest BCUT2D eigenvalue weighted by Crippen LogP contribution is 2.34. The lowest BCUT2D eigenvalue weighted by molar-refractivity contribution is 0.299. The molecule has 1 aliphatic heterocycles. The highest BCUT2D eigenvalue weighted by atomic mass is 16.5. The normalized spacial score (nSPS) is 13.3. The first-order chi connectivity index (χ1) is 9.33. The van der Waals surface area contributed by atoms with E-state index in [1.54, 1.807) is 6.07 Å². The van der Waals surface area contributed by atoms with Crippen molar-refractivity contribution < 1.29 is 9.84 Å². The van der Waals surface area contributed by atoms with Gasteiger partial charge < -0.3 is 9.84 Å². The number of hydrogen-bond donors (Lipinski definition) is 1. The summed E-state index contributed by atoms with van der Waals surface area (Å²) in [5.74, 6) is 1.44. The van der Waals surface area contributed by atoms with Gasteiger partial charge in [-0.1, -0.05) is 45.4 Å². The molecule has 0 aliphatic carbocycles. The van der Waals surface area contributed by atoms with Crippen LogP contribution in [0.5, 0.6) is 11.5 Å². The van der Waals surface area contributed by atoms with Crippen molar-refractivity contribution in [2.45, 2.75) is 64.7 Å². The van der Waals surface area contributed by atoms with Crippen LogP contribution >= 0.6 is 0 Å². The van der Waals surface area contributed by atoms with Gasteiger partial charge in [-0.25, -0.2) is 0 Å². The van der Waals surface area contributed by atoms with Crippen molar-refractivity contribution in [3.63, 3.8) is 0 Å². The molecule has 0 atom stereocenters. The summed E-state index contributed by atoms with van der Waals surface area (Å²) in [5, 5.41) is 9.89. The number of fused-ring (bicyclic) bond motifs is 2. The molecule has 1 aromatic rings. The second-order valence-electron chi connectivity index (χ2n) is 5.51. The molecule has 0 spiro atoms. The second kappa shape index (κ2) is 7.42. The van der Waals surface area contributed by atoms with Gasteiger partial charge in [0.05, 0.1) is 6.61 Å². The molecule has 2 nitrogen and oxygen atoms in total. The van der Waals surface area contributed by atoms with Crippen LogP contribution in [0, 0.1) is 0 Å². The average molecular weight is 262 g/mol. The largest absolute Gasteiger partial charge is 0.508 e. The van der Waals surface area contributed by atoms with Crippen LogP contribution < -0.4 is 4.74 Å². The maximum atomic E-state index is 9.89. The lowest BCUT2D eigenvalue weighted by Gasteiger charge is -2.21. The minimum Gasteiger partial charge on any atom is -0.508 e. The van der Waals surface area contributed by atoms with E-state index in [-0.39, 0.29) is 0 Å². The van der Waals surface area contributed by atoms with Gasteiger partial charge >= 0.3 is 0 Å². The molecule has 0 fully saturated rings. The van der Waals surface area contributed by atoms with E-state index in [0.717, 1.165) is 24.2 Å². The zero-order valence-corrected chi connectivity index (χ0v) is 12.1. The van der Waals surface area contributed by atoms with Crippen LogP contribution in [0.4, 0.5) is 0 Å². The van der Waals surface area contributed by atoms with Crippen molar-refractivity contribution in [1.29, 1.82) is 0 Å². The summed E-state index contributed by atoms with van der Waals surface area (Å²) < 4.78 is 5.67. The van der Waals surface area contributed by atoms with Crippen molar-refractivity contribution in [2.75, 3.05) is 6.61 Å². The van der Waals surface area contributed by atoms with Crippen LogP contribution in [0.25, 0.3) is 0 Å². The first kappa shape index (κ1) is 14.2. The van der Waals surface area contributed by atoms with Gasteiger partial charge in [-0.05, 0) is 25.0 Å². The number of benzene rings is 1. The maximum absolute atomic E-state index is 9.89. The zero-order chi connectivity index (χ0) is 13.5. The van der Waals surface area contributed by atoms with Crippen molar-refractivity contribution in [1.82, 2.24) is 0 Å². The number of phenols is 1. The van der Waals surface area contributed by atoms with Crippen LogP contribution in [0.2, 0.25) is 0 Å². The van der Waals surface area contributed by atoms with Gasteiger partial charge in [-0.2, -0.15) is 0 Å². The van der Waals surface area contributed by atoms with Gasteiger partial charge in [0.1, 0.15) is 11.5 Å². The summed E-state index contributed by atoms with van der Waals surface area (Å²) >= 11 is 0. The molecule has 1 aliphatic rings. The molecule has 2 rings (SSSR count). The Balaban J connectivity index is 1.76. The van der Waals surface area contributed by atoms with Gasteiger partial charge in [0.25, 0.3) is 0 Å². The Morgan fingerprint density at radius 1 is 1.05 bits per heavy atom. The van der Waals surface area contributed by atoms with E-state index in [9.17, 15) is 5.11 Å². The SMILES string of the molecule is CCCCCCCCCc1c2ccc(O)c1CCO2. The summed E-state index contributed by atoms with van der Waals surface area (Å²) in [7, 11) is 0. The lowest BCUT2D eigenvalue weighted by atomic mass is 9.95. The molecular weight excluding hydrogens is 236 g/mol. The number of aromatic hydroxyl groups is 1. The van der Waals surface area contributed by atoms with Crippen molar-refractivity contribution in [2.24, 2.45) is 0 Å². The molecule has 1 N–H and O–H groups in total. The lowest BCUT2D eigenvalue weighted by Crippen LogP contribution is -2.12. The molecule has 0 unspecified atom stereocenters. The molecule has 1 aromatic carbocycles. The third kappa shape index (κ3) is 3.89. The van der Waals surface area contributed by atoms with E-state index in [1.165, 1.54) is 50.5 Å². The van der Waals surface area contributed by atoms with Crippen LogP contribution in [0.15, 0.2) is 12.1 Å². The highest BCUT2D eigenvalue weighted by molar-refractivity contribution is 5.49. The molecular formula is C17H26O2. The van der Waals surface area contributed by atoms with Gasteiger partial charge in [0, 0.05) is 17.5 Å². The first-order valence-electron chi connectivity index (χ1n) is 7.79. The fourth-order valence-electron chi connectivity index (χ4n) is 2.87. The Kier molecular flexibility index (Phi) is 5.56. The van der Waals surface area contributed by atoms with Crippen LogP contribution in [0.3, 0.4) is 0 Å². The van der Waals surface area contributed by atoms with Crippen molar-refractivity contribution >= 4 is 0 Å². The molecule has 2 heteroatoms. The Hall–Kier alpha value is -1.18. The Bertz CT molecular complexity index is 398. The monoisotopic (exact) mass is 262 g/mol. The molecule has 0 saturated carbocycles. The first-order valence-corrected chi connectivity index (χ1v) is 7.79. The maximum Gasteiger partial charge on any atom is 0.123 e. The zero-order valence-electron chi connectivity index (χ0n) is 12.1. The van der Waals surface area contributed by atoms with Gasteiger partial charge in [0.15, 0.2) is 0 Å². The summed E-state index contributed by atoms with van der Waals surface area (Å²) in [6, 6.07) is 3.67. The predicted octanol–water partition coefficient (Wildman–Crippen LogP) is 4.62. The summed E-state index contributed by atoms with van der Waals surface area (Å²) in [4.78, 5) is 0. The Labute approximate surface area is 116 Å². The van der Waals surface area contributed by atoms with E-state index >= 15 is 0 Å².